The van der Waals surface area contributed by atoms with Gasteiger partial charge in [0.1, 0.15) is 0 Å². The summed E-state index contributed by atoms with van der Waals surface area (Å²) < 4.78 is 10.4. The van der Waals surface area contributed by atoms with E-state index >= 15 is 0 Å². The number of hydrogen-bond acceptors (Lipinski definition) is 4. The lowest BCUT2D eigenvalue weighted by atomic mass is 10.1. The monoisotopic (exact) mass is 298 g/mol. The van der Waals surface area contributed by atoms with Crippen molar-refractivity contribution in [2.45, 2.75) is 83.5 Å². The van der Waals surface area contributed by atoms with E-state index in [2.05, 4.69) is 0 Å². The Kier molecular flexibility index (Phi) is 10.8. The summed E-state index contributed by atoms with van der Waals surface area (Å²) in [5.41, 5.74) is 0. The fourth-order valence-corrected chi connectivity index (χ4v) is 2.50. The average Bonchev–Trinajstić information content (AvgIpc) is 2.47. The summed E-state index contributed by atoms with van der Waals surface area (Å²) in [7, 11) is 0. The molecule has 0 unspecified atom stereocenters. The van der Waals surface area contributed by atoms with Crippen LogP contribution in [0.4, 0.5) is 0 Å². The molecular weight excluding hydrogens is 268 g/mol. The zero-order chi connectivity index (χ0) is 15.2. The fraction of sp³-hybridized carbons (Fsp3) is 0.882. The Balaban J connectivity index is 2.19. The molecular formula is C17H30O4. The number of carbonyl (C=O) groups excluding carboxylic acids is 2. The first-order valence-electron chi connectivity index (χ1n) is 8.60. The highest BCUT2D eigenvalue weighted by Gasteiger charge is 2.05. The maximum absolute atomic E-state index is 11.5. The number of carbonyl (C=O) groups is 2. The zero-order valence-electron chi connectivity index (χ0n) is 13.2. The molecule has 1 rings (SSSR count). The molecule has 0 radical (unpaired) electrons. The number of cyclic esters (lactones) is 2. The molecule has 0 atom stereocenters. The van der Waals surface area contributed by atoms with E-state index in [1.54, 1.807) is 0 Å². The van der Waals surface area contributed by atoms with Crippen molar-refractivity contribution in [3.63, 3.8) is 0 Å². The van der Waals surface area contributed by atoms with Gasteiger partial charge in [0.2, 0.25) is 0 Å². The van der Waals surface area contributed by atoms with Gasteiger partial charge in [-0.1, -0.05) is 44.9 Å². The Morgan fingerprint density at radius 1 is 0.476 bits per heavy atom. The van der Waals surface area contributed by atoms with Crippen molar-refractivity contribution in [2.75, 3.05) is 13.2 Å². The van der Waals surface area contributed by atoms with E-state index in [1.807, 2.05) is 0 Å². The third-order valence-corrected chi connectivity index (χ3v) is 3.83. The van der Waals surface area contributed by atoms with E-state index in [9.17, 15) is 9.59 Å². The second-order valence-corrected chi connectivity index (χ2v) is 5.83. The van der Waals surface area contributed by atoms with Gasteiger partial charge in [0.25, 0.3) is 0 Å². The summed E-state index contributed by atoms with van der Waals surface area (Å²) in [5.74, 6) is -0.118. The Morgan fingerprint density at radius 3 is 1.24 bits per heavy atom. The van der Waals surface area contributed by atoms with E-state index in [0.29, 0.717) is 26.1 Å². The molecule has 1 fully saturated rings. The quantitative estimate of drug-likeness (QED) is 0.630. The van der Waals surface area contributed by atoms with Gasteiger partial charge in [0.15, 0.2) is 0 Å². The van der Waals surface area contributed by atoms with Crippen molar-refractivity contribution in [3.05, 3.63) is 0 Å². The lowest BCUT2D eigenvalue weighted by Gasteiger charge is -2.05. The van der Waals surface area contributed by atoms with Gasteiger partial charge in [-0.05, 0) is 25.7 Å². The van der Waals surface area contributed by atoms with Gasteiger partial charge in [-0.2, -0.15) is 0 Å². The number of hydrogen-bond donors (Lipinski definition) is 0. The molecule has 1 saturated heterocycles. The summed E-state index contributed by atoms with van der Waals surface area (Å²) >= 11 is 0. The third kappa shape index (κ3) is 11.3. The van der Waals surface area contributed by atoms with Crippen LogP contribution in [0.25, 0.3) is 0 Å². The second-order valence-electron chi connectivity index (χ2n) is 5.83. The maximum atomic E-state index is 11.5. The Hall–Kier alpha value is -1.06. The van der Waals surface area contributed by atoms with E-state index < -0.39 is 0 Å². The molecule has 0 aromatic rings. The Bertz CT molecular complexity index is 261. The highest BCUT2D eigenvalue weighted by molar-refractivity contribution is 5.69. The van der Waals surface area contributed by atoms with Gasteiger partial charge in [-0.15, -0.1) is 0 Å². The molecule has 0 aromatic carbocycles. The molecule has 0 saturated carbocycles. The molecule has 0 bridgehead atoms. The van der Waals surface area contributed by atoms with Crippen LogP contribution in [0.1, 0.15) is 83.5 Å². The van der Waals surface area contributed by atoms with Crippen LogP contribution in [-0.2, 0) is 19.1 Å². The van der Waals surface area contributed by atoms with E-state index in [0.717, 1.165) is 70.6 Å². The molecule has 4 nitrogen and oxygen atoms in total. The normalized spacial score (nSPS) is 22.3. The lowest BCUT2D eigenvalue weighted by Crippen LogP contribution is -2.05. The minimum absolute atomic E-state index is 0.0588. The number of esters is 2. The SMILES string of the molecule is O=C1CCCCCCCC(=O)OCCCCCCCCO1. The van der Waals surface area contributed by atoms with E-state index in [1.165, 1.54) is 0 Å². The first kappa shape index (κ1) is 18.0. The van der Waals surface area contributed by atoms with Crippen LogP contribution in [0.3, 0.4) is 0 Å². The van der Waals surface area contributed by atoms with Crippen LogP contribution in [0.15, 0.2) is 0 Å². The van der Waals surface area contributed by atoms with E-state index in [-0.39, 0.29) is 11.9 Å². The topological polar surface area (TPSA) is 52.6 Å². The Morgan fingerprint density at radius 2 is 0.810 bits per heavy atom. The van der Waals surface area contributed by atoms with Gasteiger partial charge in [0.05, 0.1) is 13.2 Å². The molecule has 0 spiro atoms. The molecule has 122 valence electrons. The van der Waals surface area contributed by atoms with Gasteiger partial charge < -0.3 is 9.47 Å². The van der Waals surface area contributed by atoms with Crippen LogP contribution >= 0.6 is 0 Å². The predicted molar refractivity (Wildman–Crippen MR) is 81.9 cm³/mol. The number of ether oxygens (including phenoxy) is 2. The molecule has 0 N–H and O–H groups in total. The highest BCUT2D eigenvalue weighted by Crippen LogP contribution is 2.10. The summed E-state index contributed by atoms with van der Waals surface area (Å²) in [5, 5.41) is 0. The van der Waals surface area contributed by atoms with Crippen molar-refractivity contribution < 1.29 is 19.1 Å². The third-order valence-electron chi connectivity index (χ3n) is 3.83. The standard InChI is InChI=1S/C17H30O4/c18-16-12-8-4-3-5-9-13-17(19)21-15-11-7-2-1-6-10-14-20-16/h1-15H2. The molecule has 21 heavy (non-hydrogen) atoms. The van der Waals surface area contributed by atoms with Gasteiger partial charge in [0, 0.05) is 12.8 Å². The summed E-state index contributed by atoms with van der Waals surface area (Å²) in [4.78, 5) is 23.0. The van der Waals surface area contributed by atoms with Gasteiger partial charge in [-0.25, -0.2) is 0 Å². The van der Waals surface area contributed by atoms with Crippen LogP contribution < -0.4 is 0 Å². The van der Waals surface area contributed by atoms with Gasteiger partial charge in [-0.3, -0.25) is 9.59 Å². The zero-order valence-corrected chi connectivity index (χ0v) is 13.2. The Labute approximate surface area is 128 Å². The van der Waals surface area contributed by atoms with Crippen LogP contribution in [0.2, 0.25) is 0 Å². The minimum atomic E-state index is -0.0588. The smallest absolute Gasteiger partial charge is 0.305 e. The maximum Gasteiger partial charge on any atom is 0.305 e. The summed E-state index contributed by atoms with van der Waals surface area (Å²) in [6.07, 6.45) is 12.4. The van der Waals surface area contributed by atoms with Crippen molar-refractivity contribution in [1.82, 2.24) is 0 Å². The van der Waals surface area contributed by atoms with Crippen molar-refractivity contribution >= 4 is 11.9 Å². The van der Waals surface area contributed by atoms with E-state index in [4.69, 9.17) is 9.47 Å². The van der Waals surface area contributed by atoms with Crippen molar-refractivity contribution in [2.24, 2.45) is 0 Å². The summed E-state index contributed by atoms with van der Waals surface area (Å²) in [6, 6.07) is 0. The van der Waals surface area contributed by atoms with Crippen LogP contribution in [0, 0.1) is 0 Å². The molecule has 1 aliphatic rings. The largest absolute Gasteiger partial charge is 0.466 e. The van der Waals surface area contributed by atoms with Crippen LogP contribution in [-0.4, -0.2) is 25.2 Å². The fourth-order valence-electron chi connectivity index (χ4n) is 2.50. The molecule has 1 aliphatic heterocycles. The predicted octanol–water partition coefficient (Wildman–Crippen LogP) is 4.16. The molecule has 4 heteroatoms. The molecule has 1 heterocycles. The molecule has 0 aromatic heterocycles. The molecule has 0 aliphatic carbocycles. The van der Waals surface area contributed by atoms with Gasteiger partial charge >= 0.3 is 11.9 Å². The average molecular weight is 298 g/mol. The number of rotatable bonds is 0. The highest BCUT2D eigenvalue weighted by atomic mass is 16.5. The minimum Gasteiger partial charge on any atom is -0.466 e. The first-order valence-corrected chi connectivity index (χ1v) is 8.60. The molecule has 0 amide bonds. The summed E-state index contributed by atoms with van der Waals surface area (Å²) in [6.45, 7) is 1.13. The van der Waals surface area contributed by atoms with Crippen LogP contribution in [0.5, 0.6) is 0 Å². The second kappa shape index (κ2) is 12.7. The van der Waals surface area contributed by atoms with Crippen molar-refractivity contribution in [3.8, 4) is 0 Å². The van der Waals surface area contributed by atoms with Crippen molar-refractivity contribution in [1.29, 1.82) is 0 Å². The first-order chi connectivity index (χ1) is 10.3. The lowest BCUT2D eigenvalue weighted by molar-refractivity contribution is -0.144.